The molecule has 0 aliphatic rings. The topological polar surface area (TPSA) is 12.0 Å². The van der Waals surface area contributed by atoms with Gasteiger partial charge >= 0.3 is 0 Å². The molecule has 0 saturated heterocycles. The van der Waals surface area contributed by atoms with Crippen LogP contribution in [0.15, 0.2) is 12.3 Å². The second kappa shape index (κ2) is 5.46. The average Bonchev–Trinajstić information content (AvgIpc) is 2.11. The van der Waals surface area contributed by atoms with Crippen LogP contribution in [0, 0.1) is 16.2 Å². The lowest BCUT2D eigenvalue weighted by atomic mass is 9.73. The Balaban J connectivity index is 4.33. The van der Waals surface area contributed by atoms with Crippen LogP contribution in [0.2, 0.25) is 0 Å². The second-order valence-corrected chi connectivity index (χ2v) is 7.94. The number of nitrogens with one attached hydrogen (secondary N) is 1. The van der Waals surface area contributed by atoms with E-state index >= 15 is 0 Å². The van der Waals surface area contributed by atoms with Crippen LogP contribution in [0.1, 0.15) is 68.2 Å². The highest BCUT2D eigenvalue weighted by Gasteiger charge is 2.28. The fraction of sp³-hybridized carbons (Fsp3) is 0.875. The van der Waals surface area contributed by atoms with E-state index in [0.717, 1.165) is 12.2 Å². The predicted molar refractivity (Wildman–Crippen MR) is 79.1 cm³/mol. The van der Waals surface area contributed by atoms with Gasteiger partial charge in [0, 0.05) is 17.7 Å². The maximum Gasteiger partial charge on any atom is 0.0195 e. The lowest BCUT2D eigenvalue weighted by molar-refractivity contribution is 0.185. The molecule has 0 aliphatic carbocycles. The van der Waals surface area contributed by atoms with Crippen molar-refractivity contribution in [2.24, 2.45) is 16.2 Å². The molecule has 17 heavy (non-hydrogen) atoms. The van der Waals surface area contributed by atoms with Gasteiger partial charge in [0.1, 0.15) is 0 Å². The van der Waals surface area contributed by atoms with E-state index in [9.17, 15) is 0 Å². The molecule has 1 N–H and O–H groups in total. The van der Waals surface area contributed by atoms with Gasteiger partial charge in [-0.3, -0.25) is 0 Å². The number of rotatable bonds is 6. The molecule has 0 atom stereocenters. The monoisotopic (exact) mass is 239 g/mol. The summed E-state index contributed by atoms with van der Waals surface area (Å²) in [5.41, 5.74) is 2.03. The zero-order chi connectivity index (χ0) is 13.9. The standard InChI is InChI=1S/C16H33N/c1-10-15(6,7)11-16(8,9)12-17-13(2)14(3,4)5/h17H,2,10-12H2,1,3-9H3. The first kappa shape index (κ1) is 16.5. The quantitative estimate of drug-likeness (QED) is 0.688. The molecule has 1 nitrogen and oxygen atoms in total. The van der Waals surface area contributed by atoms with Gasteiger partial charge in [0.2, 0.25) is 0 Å². The molecule has 0 saturated carbocycles. The number of allylic oxidation sites excluding steroid dienone is 1. The SMILES string of the molecule is C=C(NCC(C)(C)CC(C)(C)CC)C(C)(C)C. The molecule has 0 aromatic rings. The highest BCUT2D eigenvalue weighted by molar-refractivity contribution is 5.03. The van der Waals surface area contributed by atoms with Gasteiger partial charge in [0.05, 0.1) is 0 Å². The highest BCUT2D eigenvalue weighted by Crippen LogP contribution is 2.36. The van der Waals surface area contributed by atoms with E-state index in [1.54, 1.807) is 0 Å². The summed E-state index contributed by atoms with van der Waals surface area (Å²) in [7, 11) is 0. The van der Waals surface area contributed by atoms with Crippen molar-refractivity contribution >= 4 is 0 Å². The van der Waals surface area contributed by atoms with Gasteiger partial charge in [-0.2, -0.15) is 0 Å². The third-order valence-electron chi connectivity index (χ3n) is 3.60. The number of hydrogen-bond donors (Lipinski definition) is 1. The van der Waals surface area contributed by atoms with Gasteiger partial charge in [-0.25, -0.2) is 0 Å². The Hall–Kier alpha value is -0.460. The molecule has 0 unspecified atom stereocenters. The maximum absolute atomic E-state index is 4.13. The van der Waals surface area contributed by atoms with E-state index in [-0.39, 0.29) is 5.41 Å². The molecule has 0 aliphatic heterocycles. The summed E-state index contributed by atoms with van der Waals surface area (Å²) in [5, 5.41) is 3.52. The van der Waals surface area contributed by atoms with Crippen LogP contribution in [0.3, 0.4) is 0 Å². The first-order valence-electron chi connectivity index (χ1n) is 6.83. The van der Waals surface area contributed by atoms with Crippen LogP contribution in [0.5, 0.6) is 0 Å². The largest absolute Gasteiger partial charge is 0.388 e. The predicted octanol–water partition coefficient (Wildman–Crippen LogP) is 4.99. The molecule has 0 radical (unpaired) electrons. The molecule has 0 rings (SSSR count). The van der Waals surface area contributed by atoms with Gasteiger partial charge in [-0.15, -0.1) is 0 Å². The maximum atomic E-state index is 4.13. The summed E-state index contributed by atoms with van der Waals surface area (Å²) < 4.78 is 0. The minimum Gasteiger partial charge on any atom is -0.388 e. The van der Waals surface area contributed by atoms with Crippen molar-refractivity contribution in [1.29, 1.82) is 0 Å². The summed E-state index contributed by atoms with van der Waals surface area (Å²) in [6, 6.07) is 0. The van der Waals surface area contributed by atoms with Crippen LogP contribution in [0.25, 0.3) is 0 Å². The molecule has 102 valence electrons. The van der Waals surface area contributed by atoms with Crippen LogP contribution in [0.4, 0.5) is 0 Å². The average molecular weight is 239 g/mol. The van der Waals surface area contributed by atoms with Crippen LogP contribution in [-0.2, 0) is 0 Å². The zero-order valence-electron chi connectivity index (χ0n) is 13.3. The van der Waals surface area contributed by atoms with Crippen molar-refractivity contribution in [3.63, 3.8) is 0 Å². The van der Waals surface area contributed by atoms with Crippen molar-refractivity contribution in [2.75, 3.05) is 6.54 Å². The van der Waals surface area contributed by atoms with Crippen LogP contribution >= 0.6 is 0 Å². The molecule has 0 spiro atoms. The van der Waals surface area contributed by atoms with E-state index in [4.69, 9.17) is 0 Å². The van der Waals surface area contributed by atoms with Crippen molar-refractivity contribution in [3.05, 3.63) is 12.3 Å². The molecular formula is C16H33N. The van der Waals surface area contributed by atoms with Crippen LogP contribution in [-0.4, -0.2) is 6.54 Å². The Bertz CT molecular complexity index is 253. The third kappa shape index (κ3) is 6.75. The zero-order valence-corrected chi connectivity index (χ0v) is 13.3. The van der Waals surface area contributed by atoms with Gasteiger partial charge < -0.3 is 5.32 Å². The Morgan fingerprint density at radius 1 is 0.941 bits per heavy atom. The normalized spacial score (nSPS) is 13.6. The lowest BCUT2D eigenvalue weighted by Gasteiger charge is -2.36. The smallest absolute Gasteiger partial charge is 0.0195 e. The Morgan fingerprint density at radius 2 is 1.41 bits per heavy atom. The van der Waals surface area contributed by atoms with Gasteiger partial charge in [0.25, 0.3) is 0 Å². The van der Waals surface area contributed by atoms with E-state index in [0.29, 0.717) is 10.8 Å². The van der Waals surface area contributed by atoms with Crippen molar-refractivity contribution < 1.29 is 0 Å². The first-order valence-corrected chi connectivity index (χ1v) is 6.83. The van der Waals surface area contributed by atoms with Crippen LogP contribution < -0.4 is 5.32 Å². The van der Waals surface area contributed by atoms with Gasteiger partial charge in [-0.05, 0) is 17.3 Å². The van der Waals surface area contributed by atoms with Crippen molar-refractivity contribution in [2.45, 2.75) is 68.2 Å². The second-order valence-electron chi connectivity index (χ2n) is 7.94. The van der Waals surface area contributed by atoms with Gasteiger partial charge in [0.15, 0.2) is 0 Å². The third-order valence-corrected chi connectivity index (χ3v) is 3.60. The van der Waals surface area contributed by atoms with E-state index < -0.39 is 0 Å². The Labute approximate surface area is 109 Å². The summed E-state index contributed by atoms with van der Waals surface area (Å²) in [4.78, 5) is 0. The molecule has 0 aromatic heterocycles. The van der Waals surface area contributed by atoms with Crippen molar-refractivity contribution in [3.8, 4) is 0 Å². The summed E-state index contributed by atoms with van der Waals surface area (Å²) in [5.74, 6) is 0. The molecule has 0 bridgehead atoms. The minimum atomic E-state index is 0.149. The summed E-state index contributed by atoms with van der Waals surface area (Å²) in [6.45, 7) is 23.4. The van der Waals surface area contributed by atoms with E-state index in [2.05, 4.69) is 67.3 Å². The fourth-order valence-corrected chi connectivity index (χ4v) is 2.09. The van der Waals surface area contributed by atoms with E-state index in [1.165, 1.54) is 12.8 Å². The molecular weight excluding hydrogens is 206 g/mol. The molecule has 0 fully saturated rings. The van der Waals surface area contributed by atoms with Crippen molar-refractivity contribution in [1.82, 2.24) is 5.32 Å². The van der Waals surface area contributed by atoms with E-state index in [1.807, 2.05) is 0 Å². The summed E-state index contributed by atoms with van der Waals surface area (Å²) in [6.07, 6.45) is 2.47. The Kier molecular flexibility index (Phi) is 5.31. The molecule has 0 amide bonds. The molecule has 1 heteroatoms. The first-order chi connectivity index (χ1) is 7.40. The summed E-state index contributed by atoms with van der Waals surface area (Å²) >= 11 is 0. The highest BCUT2D eigenvalue weighted by atomic mass is 14.9. The number of hydrogen-bond acceptors (Lipinski definition) is 1. The Morgan fingerprint density at radius 3 is 1.76 bits per heavy atom. The van der Waals surface area contributed by atoms with Gasteiger partial charge in [-0.1, -0.05) is 68.4 Å². The lowest BCUT2D eigenvalue weighted by Crippen LogP contribution is -2.35. The fourth-order valence-electron chi connectivity index (χ4n) is 2.09. The minimum absolute atomic E-state index is 0.149. The molecule has 0 heterocycles. The molecule has 0 aromatic carbocycles.